The van der Waals surface area contributed by atoms with Gasteiger partial charge in [0.2, 0.25) is 0 Å². The van der Waals surface area contributed by atoms with Crippen LogP contribution in [-0.2, 0) is 0 Å². The number of hydrogen-bond donors (Lipinski definition) is 0. The first-order chi connectivity index (χ1) is 5.20. The van der Waals surface area contributed by atoms with Crippen LogP contribution in [0, 0.1) is 0 Å². The van der Waals surface area contributed by atoms with Crippen LogP contribution in [0.25, 0.3) is 0 Å². The van der Waals surface area contributed by atoms with Gasteiger partial charge < -0.3 is 0 Å². The zero-order valence-corrected chi connectivity index (χ0v) is 8.17. The summed E-state index contributed by atoms with van der Waals surface area (Å²) in [6.07, 6.45) is 6.78. The summed E-state index contributed by atoms with van der Waals surface area (Å²) in [4.78, 5) is 0. The van der Waals surface area contributed by atoms with Gasteiger partial charge >= 0.3 is 0 Å². The van der Waals surface area contributed by atoms with Crippen LogP contribution >= 0.6 is 23.2 Å². The van der Waals surface area contributed by atoms with Gasteiger partial charge in [0.25, 0.3) is 0 Å². The molecular weight excluding hydrogens is 179 g/mol. The molecule has 0 aromatic carbocycles. The van der Waals surface area contributed by atoms with E-state index in [1.54, 1.807) is 0 Å². The van der Waals surface area contributed by atoms with E-state index in [2.05, 4.69) is 6.92 Å². The van der Waals surface area contributed by atoms with Crippen molar-refractivity contribution in [2.24, 2.45) is 0 Å². The Morgan fingerprint density at radius 3 is 2.45 bits per heavy atom. The number of hydrogen-bond acceptors (Lipinski definition) is 0. The molecule has 2 heteroatoms. The standard InChI is InChI=1S/C9H12Cl2/c1-7-4-2-3-5-8(7)6-9(10)11/h6H,2-5H2,1H3. The van der Waals surface area contributed by atoms with Crippen LogP contribution in [0.3, 0.4) is 0 Å². The maximum absolute atomic E-state index is 5.57. The molecule has 1 aliphatic rings. The molecular formula is C9H12Cl2. The van der Waals surface area contributed by atoms with E-state index in [0.29, 0.717) is 4.49 Å². The lowest BCUT2D eigenvalue weighted by molar-refractivity contribution is 0.683. The average Bonchev–Trinajstić information content (AvgIpc) is 1.93. The van der Waals surface area contributed by atoms with Crippen LogP contribution in [0.1, 0.15) is 32.6 Å². The largest absolute Gasteiger partial charge is 0.107 e. The van der Waals surface area contributed by atoms with E-state index in [-0.39, 0.29) is 0 Å². The SMILES string of the molecule is CC1=C(C=C(Cl)Cl)CCCC1. The molecule has 0 aliphatic heterocycles. The fourth-order valence-corrected chi connectivity index (χ4v) is 1.67. The van der Waals surface area contributed by atoms with Gasteiger partial charge in [-0.05, 0) is 44.3 Å². The van der Waals surface area contributed by atoms with E-state index in [1.165, 1.54) is 30.4 Å². The highest BCUT2D eigenvalue weighted by Gasteiger charge is 2.06. The summed E-state index contributed by atoms with van der Waals surface area (Å²) in [6, 6.07) is 0. The van der Waals surface area contributed by atoms with Crippen molar-refractivity contribution >= 4 is 23.2 Å². The van der Waals surface area contributed by atoms with Gasteiger partial charge in [0.15, 0.2) is 0 Å². The molecule has 0 spiro atoms. The average molecular weight is 191 g/mol. The molecule has 0 saturated carbocycles. The van der Waals surface area contributed by atoms with Crippen LogP contribution in [-0.4, -0.2) is 0 Å². The highest BCUT2D eigenvalue weighted by Crippen LogP contribution is 2.27. The molecule has 0 heterocycles. The lowest BCUT2D eigenvalue weighted by Crippen LogP contribution is -1.94. The molecule has 0 aromatic heterocycles. The van der Waals surface area contributed by atoms with Crippen LogP contribution in [0.2, 0.25) is 0 Å². The van der Waals surface area contributed by atoms with Crippen LogP contribution in [0.15, 0.2) is 21.7 Å². The quantitative estimate of drug-likeness (QED) is 0.582. The highest BCUT2D eigenvalue weighted by atomic mass is 35.5. The summed E-state index contributed by atoms with van der Waals surface area (Å²) in [5.41, 5.74) is 2.77. The fraction of sp³-hybridized carbons (Fsp3) is 0.556. The van der Waals surface area contributed by atoms with Gasteiger partial charge in [-0.2, -0.15) is 0 Å². The second-order valence-corrected chi connectivity index (χ2v) is 3.95. The maximum Gasteiger partial charge on any atom is 0.107 e. The zero-order chi connectivity index (χ0) is 8.27. The third-order valence-electron chi connectivity index (χ3n) is 2.08. The van der Waals surface area contributed by atoms with Crippen LogP contribution in [0.5, 0.6) is 0 Å². The first-order valence-corrected chi connectivity index (χ1v) is 4.67. The van der Waals surface area contributed by atoms with E-state index in [4.69, 9.17) is 23.2 Å². The summed E-state index contributed by atoms with van der Waals surface area (Å²) in [7, 11) is 0. The van der Waals surface area contributed by atoms with Gasteiger partial charge in [-0.15, -0.1) is 0 Å². The molecule has 0 aromatic rings. The molecule has 0 N–H and O–H groups in total. The monoisotopic (exact) mass is 190 g/mol. The molecule has 1 rings (SSSR count). The van der Waals surface area contributed by atoms with Crippen molar-refractivity contribution in [2.75, 3.05) is 0 Å². The van der Waals surface area contributed by atoms with Crippen LogP contribution in [0.4, 0.5) is 0 Å². The summed E-state index contributed by atoms with van der Waals surface area (Å²) in [5, 5.41) is 0. The van der Waals surface area contributed by atoms with E-state index in [1.807, 2.05) is 6.08 Å². The minimum absolute atomic E-state index is 0.376. The molecule has 11 heavy (non-hydrogen) atoms. The Morgan fingerprint density at radius 2 is 1.91 bits per heavy atom. The summed E-state index contributed by atoms with van der Waals surface area (Å²) in [5.74, 6) is 0. The lowest BCUT2D eigenvalue weighted by Gasteiger charge is -2.14. The molecule has 0 unspecified atom stereocenters. The molecule has 0 bridgehead atoms. The number of halogens is 2. The van der Waals surface area contributed by atoms with Gasteiger partial charge in [-0.25, -0.2) is 0 Å². The topological polar surface area (TPSA) is 0 Å². The summed E-state index contributed by atoms with van der Waals surface area (Å²) >= 11 is 11.1. The lowest BCUT2D eigenvalue weighted by atomic mass is 9.93. The molecule has 62 valence electrons. The Labute approximate surface area is 77.9 Å². The number of rotatable bonds is 1. The number of allylic oxidation sites excluding steroid dienone is 3. The maximum atomic E-state index is 5.57. The minimum Gasteiger partial charge on any atom is -0.0709 e. The third kappa shape index (κ3) is 2.88. The van der Waals surface area contributed by atoms with Crippen molar-refractivity contribution in [3.05, 3.63) is 21.7 Å². The van der Waals surface area contributed by atoms with Gasteiger partial charge in [-0.3, -0.25) is 0 Å². The van der Waals surface area contributed by atoms with Gasteiger partial charge in [-0.1, -0.05) is 28.8 Å². The van der Waals surface area contributed by atoms with E-state index >= 15 is 0 Å². The second kappa shape index (κ2) is 4.18. The Hall–Kier alpha value is 0.0600. The molecule has 0 amide bonds. The molecule has 0 atom stereocenters. The van der Waals surface area contributed by atoms with Crippen molar-refractivity contribution in [3.63, 3.8) is 0 Å². The Balaban J connectivity index is 2.75. The van der Waals surface area contributed by atoms with E-state index < -0.39 is 0 Å². The zero-order valence-electron chi connectivity index (χ0n) is 6.66. The predicted molar refractivity (Wildman–Crippen MR) is 51.0 cm³/mol. The van der Waals surface area contributed by atoms with Crippen LogP contribution < -0.4 is 0 Å². The predicted octanol–water partition coefficient (Wildman–Crippen LogP) is 4.20. The van der Waals surface area contributed by atoms with Crippen molar-refractivity contribution in [1.82, 2.24) is 0 Å². The van der Waals surface area contributed by atoms with Crippen molar-refractivity contribution in [1.29, 1.82) is 0 Å². The van der Waals surface area contributed by atoms with Gasteiger partial charge in [0.05, 0.1) is 0 Å². The van der Waals surface area contributed by atoms with E-state index in [0.717, 1.165) is 6.42 Å². The van der Waals surface area contributed by atoms with Gasteiger partial charge in [0.1, 0.15) is 4.49 Å². The van der Waals surface area contributed by atoms with E-state index in [9.17, 15) is 0 Å². The first-order valence-electron chi connectivity index (χ1n) is 3.91. The van der Waals surface area contributed by atoms with Crippen molar-refractivity contribution in [3.8, 4) is 0 Å². The molecule has 0 saturated heterocycles. The minimum atomic E-state index is 0.376. The Morgan fingerprint density at radius 1 is 1.27 bits per heavy atom. The summed E-state index contributed by atoms with van der Waals surface area (Å²) in [6.45, 7) is 2.15. The Kier molecular flexibility index (Phi) is 3.47. The van der Waals surface area contributed by atoms with Crippen molar-refractivity contribution in [2.45, 2.75) is 32.6 Å². The highest BCUT2D eigenvalue weighted by molar-refractivity contribution is 6.56. The second-order valence-electron chi connectivity index (χ2n) is 2.95. The Bertz CT molecular complexity index is 198. The normalized spacial score (nSPS) is 18.5. The molecule has 1 aliphatic carbocycles. The fourth-order valence-electron chi connectivity index (χ4n) is 1.41. The molecule has 0 nitrogen and oxygen atoms in total. The summed E-state index contributed by atoms with van der Waals surface area (Å²) < 4.78 is 0.376. The molecule has 0 radical (unpaired) electrons. The molecule has 0 fully saturated rings. The first kappa shape index (κ1) is 9.15. The van der Waals surface area contributed by atoms with Gasteiger partial charge in [0, 0.05) is 0 Å². The van der Waals surface area contributed by atoms with Crippen molar-refractivity contribution < 1.29 is 0 Å². The third-order valence-corrected chi connectivity index (χ3v) is 2.30. The smallest absolute Gasteiger partial charge is 0.0709 e.